The molecule has 0 fully saturated rings. The number of ether oxygens (including phenoxy) is 1. The van der Waals surface area contributed by atoms with Crippen molar-refractivity contribution in [2.45, 2.75) is 12.7 Å². The monoisotopic (exact) mass is 279 g/mol. The second-order valence-corrected chi connectivity index (χ2v) is 4.62. The van der Waals surface area contributed by atoms with Crippen molar-refractivity contribution >= 4 is 11.6 Å². The summed E-state index contributed by atoms with van der Waals surface area (Å²) in [4.78, 5) is 0. The van der Waals surface area contributed by atoms with Gasteiger partial charge in [0.1, 0.15) is 5.82 Å². The molecule has 0 radical (unpaired) electrons. The predicted octanol–water partition coefficient (Wildman–Crippen LogP) is 3.70. The highest BCUT2D eigenvalue weighted by molar-refractivity contribution is 6.30. The molecular weight excluding hydrogens is 265 g/mol. The molecule has 2 rings (SSSR count). The molecule has 1 unspecified atom stereocenters. The van der Waals surface area contributed by atoms with Crippen molar-refractivity contribution in [1.82, 2.24) is 0 Å². The van der Waals surface area contributed by atoms with Crippen molar-refractivity contribution in [3.8, 4) is 0 Å². The number of halogens is 2. The average molecular weight is 280 g/mol. The zero-order valence-electron chi connectivity index (χ0n) is 10.4. The van der Waals surface area contributed by atoms with E-state index in [1.165, 1.54) is 6.07 Å². The summed E-state index contributed by atoms with van der Waals surface area (Å²) in [7, 11) is 0. The van der Waals surface area contributed by atoms with Crippen LogP contribution in [-0.2, 0) is 11.3 Å². The Bertz CT molecular complexity index is 530. The SMILES string of the molecule is NCC(OCc1ccc(Cl)cc1)c1ccccc1F. The minimum atomic E-state index is -0.447. The fourth-order valence-corrected chi connectivity index (χ4v) is 1.92. The molecule has 2 aromatic rings. The Balaban J connectivity index is 2.04. The van der Waals surface area contributed by atoms with E-state index in [4.69, 9.17) is 22.1 Å². The second-order valence-electron chi connectivity index (χ2n) is 4.18. The van der Waals surface area contributed by atoms with Gasteiger partial charge in [0.25, 0.3) is 0 Å². The molecule has 4 heteroatoms. The van der Waals surface area contributed by atoms with Gasteiger partial charge in [-0.3, -0.25) is 0 Å². The number of rotatable bonds is 5. The van der Waals surface area contributed by atoms with Crippen LogP contribution in [0.3, 0.4) is 0 Å². The van der Waals surface area contributed by atoms with Gasteiger partial charge < -0.3 is 10.5 Å². The zero-order chi connectivity index (χ0) is 13.7. The van der Waals surface area contributed by atoms with Crippen LogP contribution in [-0.4, -0.2) is 6.54 Å². The number of benzene rings is 2. The molecule has 0 aromatic heterocycles. The van der Waals surface area contributed by atoms with E-state index in [0.29, 0.717) is 17.2 Å². The van der Waals surface area contributed by atoms with E-state index in [1.54, 1.807) is 30.3 Å². The Kier molecular flexibility index (Phi) is 4.91. The van der Waals surface area contributed by atoms with Crippen LogP contribution >= 0.6 is 11.6 Å². The molecule has 0 spiro atoms. The van der Waals surface area contributed by atoms with Crippen LogP contribution in [0, 0.1) is 5.82 Å². The molecule has 0 aliphatic carbocycles. The van der Waals surface area contributed by atoms with Gasteiger partial charge in [-0.2, -0.15) is 0 Å². The minimum Gasteiger partial charge on any atom is -0.367 e. The van der Waals surface area contributed by atoms with Crippen LogP contribution in [0.4, 0.5) is 4.39 Å². The highest BCUT2D eigenvalue weighted by Crippen LogP contribution is 2.21. The van der Waals surface area contributed by atoms with Crippen molar-refractivity contribution in [2.24, 2.45) is 5.73 Å². The van der Waals surface area contributed by atoms with Gasteiger partial charge in [-0.25, -0.2) is 4.39 Å². The lowest BCUT2D eigenvalue weighted by molar-refractivity contribution is 0.0433. The Morgan fingerprint density at radius 1 is 1.11 bits per heavy atom. The fourth-order valence-electron chi connectivity index (χ4n) is 1.80. The molecule has 0 amide bonds. The van der Waals surface area contributed by atoms with Crippen molar-refractivity contribution in [3.63, 3.8) is 0 Å². The first-order valence-electron chi connectivity index (χ1n) is 6.01. The van der Waals surface area contributed by atoms with E-state index in [0.717, 1.165) is 5.56 Å². The molecule has 1 atom stereocenters. The third-order valence-corrected chi connectivity index (χ3v) is 3.08. The molecule has 0 aliphatic heterocycles. The first-order valence-corrected chi connectivity index (χ1v) is 6.39. The van der Waals surface area contributed by atoms with E-state index < -0.39 is 6.10 Å². The number of hydrogen-bond donors (Lipinski definition) is 1. The van der Waals surface area contributed by atoms with E-state index >= 15 is 0 Å². The third kappa shape index (κ3) is 3.77. The number of nitrogens with two attached hydrogens (primary N) is 1. The highest BCUT2D eigenvalue weighted by Gasteiger charge is 2.14. The molecule has 2 aromatic carbocycles. The molecule has 0 aliphatic rings. The predicted molar refractivity (Wildman–Crippen MR) is 74.4 cm³/mol. The lowest BCUT2D eigenvalue weighted by atomic mass is 10.1. The van der Waals surface area contributed by atoms with E-state index in [2.05, 4.69) is 0 Å². The molecule has 2 nitrogen and oxygen atoms in total. The Morgan fingerprint density at radius 2 is 1.79 bits per heavy atom. The topological polar surface area (TPSA) is 35.2 Å². The number of hydrogen-bond acceptors (Lipinski definition) is 2. The Labute approximate surface area is 117 Å². The first kappa shape index (κ1) is 14.0. The summed E-state index contributed by atoms with van der Waals surface area (Å²) in [5.41, 5.74) is 7.11. The van der Waals surface area contributed by atoms with Crippen LogP contribution in [0.15, 0.2) is 48.5 Å². The normalized spacial score (nSPS) is 12.4. The molecule has 0 bridgehead atoms. The maximum atomic E-state index is 13.7. The van der Waals surface area contributed by atoms with Gasteiger partial charge in [-0.15, -0.1) is 0 Å². The van der Waals surface area contributed by atoms with E-state index in [-0.39, 0.29) is 12.4 Å². The van der Waals surface area contributed by atoms with Crippen molar-refractivity contribution in [2.75, 3.05) is 6.54 Å². The van der Waals surface area contributed by atoms with Gasteiger partial charge in [0.15, 0.2) is 0 Å². The van der Waals surface area contributed by atoms with Crippen LogP contribution < -0.4 is 5.73 Å². The van der Waals surface area contributed by atoms with Gasteiger partial charge in [0.05, 0.1) is 12.7 Å². The molecule has 0 saturated heterocycles. The standard InChI is InChI=1S/C15H15ClFNO/c16-12-7-5-11(6-8-12)10-19-15(9-18)13-3-1-2-4-14(13)17/h1-8,15H,9-10,18H2. The van der Waals surface area contributed by atoms with Gasteiger partial charge in [0, 0.05) is 17.1 Å². The largest absolute Gasteiger partial charge is 0.367 e. The summed E-state index contributed by atoms with van der Waals surface area (Å²) >= 11 is 5.81. The molecule has 0 saturated carbocycles. The smallest absolute Gasteiger partial charge is 0.129 e. The summed E-state index contributed by atoms with van der Waals surface area (Å²) in [6.45, 7) is 0.599. The Hall–Kier alpha value is -1.42. The van der Waals surface area contributed by atoms with Gasteiger partial charge in [0.2, 0.25) is 0 Å². The summed E-state index contributed by atoms with van der Waals surface area (Å²) in [5, 5.41) is 0.674. The van der Waals surface area contributed by atoms with Crippen molar-refractivity contribution in [3.05, 3.63) is 70.5 Å². The van der Waals surface area contributed by atoms with Crippen LogP contribution in [0.25, 0.3) is 0 Å². The molecule has 100 valence electrons. The maximum Gasteiger partial charge on any atom is 0.129 e. The third-order valence-electron chi connectivity index (χ3n) is 2.83. The average Bonchev–Trinajstić information content (AvgIpc) is 2.43. The Morgan fingerprint density at radius 3 is 2.42 bits per heavy atom. The second kappa shape index (κ2) is 6.66. The van der Waals surface area contributed by atoms with Crippen molar-refractivity contribution < 1.29 is 9.13 Å². The summed E-state index contributed by atoms with van der Waals surface area (Å²) in [5.74, 6) is -0.297. The highest BCUT2D eigenvalue weighted by atomic mass is 35.5. The summed E-state index contributed by atoms with van der Waals surface area (Å²) in [6, 6.07) is 13.8. The lowest BCUT2D eigenvalue weighted by Gasteiger charge is -2.17. The molecule has 19 heavy (non-hydrogen) atoms. The summed E-state index contributed by atoms with van der Waals surface area (Å²) < 4.78 is 19.3. The fraction of sp³-hybridized carbons (Fsp3) is 0.200. The molecule has 0 heterocycles. The first-order chi connectivity index (χ1) is 9.20. The van der Waals surface area contributed by atoms with Crippen molar-refractivity contribution in [1.29, 1.82) is 0 Å². The summed E-state index contributed by atoms with van der Waals surface area (Å²) in [6.07, 6.45) is -0.447. The minimum absolute atomic E-state index is 0.231. The zero-order valence-corrected chi connectivity index (χ0v) is 11.1. The van der Waals surface area contributed by atoms with E-state index in [9.17, 15) is 4.39 Å². The lowest BCUT2D eigenvalue weighted by Crippen LogP contribution is -2.17. The van der Waals surface area contributed by atoms with E-state index in [1.807, 2.05) is 12.1 Å². The van der Waals surface area contributed by atoms with Gasteiger partial charge in [-0.05, 0) is 23.8 Å². The maximum absolute atomic E-state index is 13.7. The molecule has 2 N–H and O–H groups in total. The van der Waals surface area contributed by atoms with Crippen LogP contribution in [0.5, 0.6) is 0 Å². The molecular formula is C15H15ClFNO. The van der Waals surface area contributed by atoms with Gasteiger partial charge >= 0.3 is 0 Å². The van der Waals surface area contributed by atoms with Gasteiger partial charge in [-0.1, -0.05) is 41.9 Å². The quantitative estimate of drug-likeness (QED) is 0.906. The van der Waals surface area contributed by atoms with Crippen LogP contribution in [0.2, 0.25) is 5.02 Å². The van der Waals surface area contributed by atoms with Crippen LogP contribution in [0.1, 0.15) is 17.2 Å².